The number of aliphatic hydroxyl groups excluding tert-OH is 1. The number of H-pyrrole nitrogens is 1. The molecule has 0 radical (unpaired) electrons. The fraction of sp³-hybridized carbons (Fsp3) is 0.0714. The standard InChI is InChI=1S/C14H10FN5O2S/c15-9-3-1-2-8(4-9)5-10-7-23-14(16-10)12(22)6-11(21)13-17-19-20-18-13/h1-4,6-7,21H,5H2,(H,17,18,19,20). The van der Waals surface area contributed by atoms with Gasteiger partial charge in [0.15, 0.2) is 10.8 Å². The normalized spacial score (nSPS) is 11.6. The first-order valence-corrected chi connectivity index (χ1v) is 7.37. The highest BCUT2D eigenvalue weighted by atomic mass is 32.1. The van der Waals surface area contributed by atoms with Crippen LogP contribution in [0.3, 0.4) is 0 Å². The summed E-state index contributed by atoms with van der Waals surface area (Å²) in [6, 6.07) is 6.19. The number of nitrogens with zero attached hydrogens (tertiary/aromatic N) is 4. The SMILES string of the molecule is O=C(C=C(O)c1nn[nH]n1)c1nc(Cc2cccc(F)c2)cs1. The van der Waals surface area contributed by atoms with Crippen LogP contribution < -0.4 is 0 Å². The number of aliphatic hydroxyl groups is 1. The Labute approximate surface area is 133 Å². The Morgan fingerprint density at radius 2 is 2.30 bits per heavy atom. The molecule has 3 aromatic rings. The maximum absolute atomic E-state index is 13.2. The van der Waals surface area contributed by atoms with E-state index in [2.05, 4.69) is 25.6 Å². The van der Waals surface area contributed by atoms with Gasteiger partial charge in [-0.1, -0.05) is 12.1 Å². The largest absolute Gasteiger partial charge is 0.504 e. The van der Waals surface area contributed by atoms with E-state index in [9.17, 15) is 14.3 Å². The first kappa shape index (κ1) is 15.0. The number of tetrazole rings is 1. The van der Waals surface area contributed by atoms with Gasteiger partial charge in [0.2, 0.25) is 11.6 Å². The molecule has 0 unspecified atom stereocenters. The van der Waals surface area contributed by atoms with Crippen molar-refractivity contribution in [2.75, 3.05) is 0 Å². The summed E-state index contributed by atoms with van der Waals surface area (Å²) in [5.41, 5.74) is 1.41. The topological polar surface area (TPSA) is 105 Å². The summed E-state index contributed by atoms with van der Waals surface area (Å²) in [4.78, 5) is 16.2. The van der Waals surface area contributed by atoms with E-state index in [1.165, 1.54) is 12.1 Å². The predicted molar refractivity (Wildman–Crippen MR) is 80.4 cm³/mol. The first-order valence-electron chi connectivity index (χ1n) is 6.49. The lowest BCUT2D eigenvalue weighted by Crippen LogP contribution is -1.98. The smallest absolute Gasteiger partial charge is 0.239 e. The summed E-state index contributed by atoms with van der Waals surface area (Å²) in [5, 5.41) is 24.2. The number of aromatic amines is 1. The third kappa shape index (κ3) is 3.64. The molecule has 7 nitrogen and oxygen atoms in total. The molecule has 0 amide bonds. The summed E-state index contributed by atoms with van der Waals surface area (Å²) in [6.07, 6.45) is 1.40. The Hall–Kier alpha value is -2.94. The Kier molecular flexibility index (Phi) is 4.20. The van der Waals surface area contributed by atoms with Crippen LogP contribution in [0.5, 0.6) is 0 Å². The highest BCUT2D eigenvalue weighted by Gasteiger charge is 2.13. The van der Waals surface area contributed by atoms with Gasteiger partial charge in [-0.05, 0) is 22.9 Å². The molecule has 2 N–H and O–H groups in total. The van der Waals surface area contributed by atoms with Crippen molar-refractivity contribution in [2.45, 2.75) is 6.42 Å². The maximum Gasteiger partial charge on any atom is 0.239 e. The minimum atomic E-state index is -0.470. The van der Waals surface area contributed by atoms with Gasteiger partial charge in [0.05, 0.1) is 5.69 Å². The Morgan fingerprint density at radius 3 is 3.04 bits per heavy atom. The van der Waals surface area contributed by atoms with E-state index in [0.29, 0.717) is 12.1 Å². The second-order valence-corrected chi connectivity index (χ2v) is 5.44. The molecule has 2 heterocycles. The quantitative estimate of drug-likeness (QED) is 0.422. The Morgan fingerprint density at radius 1 is 1.43 bits per heavy atom. The van der Waals surface area contributed by atoms with E-state index in [-0.39, 0.29) is 16.6 Å². The minimum absolute atomic E-state index is 0.0742. The molecule has 0 atom stereocenters. The molecular formula is C14H10FN5O2S. The Balaban J connectivity index is 1.74. The van der Waals surface area contributed by atoms with Gasteiger partial charge in [-0.3, -0.25) is 4.79 Å². The molecule has 0 saturated carbocycles. The van der Waals surface area contributed by atoms with Gasteiger partial charge < -0.3 is 5.11 Å². The average Bonchev–Trinajstić information content (AvgIpc) is 3.18. The monoisotopic (exact) mass is 331 g/mol. The van der Waals surface area contributed by atoms with Crippen molar-refractivity contribution in [1.82, 2.24) is 25.6 Å². The number of halogens is 1. The molecule has 9 heteroatoms. The van der Waals surface area contributed by atoms with Gasteiger partial charge >= 0.3 is 0 Å². The number of carbonyl (C=O) groups excluding carboxylic acids is 1. The van der Waals surface area contributed by atoms with Crippen LogP contribution in [-0.4, -0.2) is 36.5 Å². The number of nitrogens with one attached hydrogen (secondary N) is 1. The van der Waals surface area contributed by atoms with Crippen LogP contribution in [-0.2, 0) is 6.42 Å². The van der Waals surface area contributed by atoms with Crippen LogP contribution in [0.15, 0.2) is 35.7 Å². The number of benzene rings is 1. The summed E-state index contributed by atoms with van der Waals surface area (Å²) in [6.45, 7) is 0. The van der Waals surface area contributed by atoms with Crippen molar-refractivity contribution in [3.8, 4) is 0 Å². The molecule has 1 aromatic carbocycles. The van der Waals surface area contributed by atoms with Crippen LogP contribution in [0.1, 0.15) is 26.9 Å². The summed E-state index contributed by atoms with van der Waals surface area (Å²) in [7, 11) is 0. The van der Waals surface area contributed by atoms with E-state index in [4.69, 9.17) is 0 Å². The van der Waals surface area contributed by atoms with Crippen LogP contribution >= 0.6 is 11.3 Å². The molecule has 3 rings (SSSR count). The number of hydrogen-bond acceptors (Lipinski definition) is 7. The molecule has 0 saturated heterocycles. The number of ketones is 1. The zero-order valence-corrected chi connectivity index (χ0v) is 12.4. The molecule has 2 aromatic heterocycles. The van der Waals surface area contributed by atoms with Crippen LogP contribution in [0.25, 0.3) is 5.76 Å². The molecule has 116 valence electrons. The summed E-state index contributed by atoms with van der Waals surface area (Å²) in [5.74, 6) is -1.26. The zero-order chi connectivity index (χ0) is 16.2. The fourth-order valence-electron chi connectivity index (χ4n) is 1.88. The van der Waals surface area contributed by atoms with E-state index in [1.54, 1.807) is 17.5 Å². The van der Waals surface area contributed by atoms with Gasteiger partial charge in [0, 0.05) is 17.9 Å². The van der Waals surface area contributed by atoms with Gasteiger partial charge in [-0.25, -0.2) is 9.37 Å². The number of aromatic nitrogens is 5. The molecular weight excluding hydrogens is 321 g/mol. The number of allylic oxidation sites excluding steroid dienone is 1. The lowest BCUT2D eigenvalue weighted by Gasteiger charge is -1.97. The van der Waals surface area contributed by atoms with E-state index in [0.717, 1.165) is 23.0 Å². The number of carbonyl (C=O) groups is 1. The average molecular weight is 331 g/mol. The minimum Gasteiger partial charge on any atom is -0.504 e. The lowest BCUT2D eigenvalue weighted by atomic mass is 10.1. The van der Waals surface area contributed by atoms with Gasteiger partial charge in [-0.2, -0.15) is 5.21 Å². The van der Waals surface area contributed by atoms with Crippen molar-refractivity contribution >= 4 is 22.9 Å². The van der Waals surface area contributed by atoms with Crippen molar-refractivity contribution in [2.24, 2.45) is 0 Å². The highest BCUT2D eigenvalue weighted by Crippen LogP contribution is 2.16. The molecule has 23 heavy (non-hydrogen) atoms. The third-order valence-corrected chi connectivity index (χ3v) is 3.78. The number of rotatable bonds is 5. The van der Waals surface area contributed by atoms with Crippen molar-refractivity contribution in [1.29, 1.82) is 0 Å². The summed E-state index contributed by atoms with van der Waals surface area (Å²) < 4.78 is 13.2. The van der Waals surface area contributed by atoms with Crippen molar-refractivity contribution in [3.05, 3.63) is 63.6 Å². The molecule has 0 aliphatic carbocycles. The number of hydrogen-bond donors (Lipinski definition) is 2. The Bertz CT molecular complexity index is 860. The second kappa shape index (κ2) is 6.44. The van der Waals surface area contributed by atoms with Gasteiger partial charge in [0.1, 0.15) is 5.82 Å². The van der Waals surface area contributed by atoms with Gasteiger partial charge in [0.25, 0.3) is 0 Å². The van der Waals surface area contributed by atoms with Crippen LogP contribution in [0.4, 0.5) is 4.39 Å². The van der Waals surface area contributed by atoms with Crippen LogP contribution in [0, 0.1) is 5.82 Å². The van der Waals surface area contributed by atoms with Crippen LogP contribution in [0.2, 0.25) is 0 Å². The molecule has 0 aliphatic rings. The van der Waals surface area contributed by atoms with Gasteiger partial charge in [-0.15, -0.1) is 21.5 Å². The number of thiazole rings is 1. The van der Waals surface area contributed by atoms with E-state index >= 15 is 0 Å². The zero-order valence-electron chi connectivity index (χ0n) is 11.6. The fourth-order valence-corrected chi connectivity index (χ4v) is 2.61. The van der Waals surface area contributed by atoms with E-state index in [1.807, 2.05) is 0 Å². The second-order valence-electron chi connectivity index (χ2n) is 4.58. The maximum atomic E-state index is 13.2. The highest BCUT2D eigenvalue weighted by molar-refractivity contribution is 7.11. The van der Waals surface area contributed by atoms with E-state index < -0.39 is 11.5 Å². The molecule has 0 aliphatic heterocycles. The predicted octanol–water partition coefficient (Wildman–Crippen LogP) is 2.17. The van der Waals surface area contributed by atoms with Crippen molar-refractivity contribution < 1.29 is 14.3 Å². The third-order valence-electron chi connectivity index (χ3n) is 2.88. The molecule has 0 fully saturated rings. The summed E-state index contributed by atoms with van der Waals surface area (Å²) >= 11 is 1.15. The molecule has 0 bridgehead atoms. The first-order chi connectivity index (χ1) is 11.1. The lowest BCUT2D eigenvalue weighted by molar-refractivity contribution is 0.104. The van der Waals surface area contributed by atoms with Crippen molar-refractivity contribution in [3.63, 3.8) is 0 Å². The molecule has 0 spiro atoms.